The van der Waals surface area contributed by atoms with Crippen LogP contribution in [0.4, 0.5) is 5.69 Å². The van der Waals surface area contributed by atoms with Crippen LogP contribution < -0.4 is 14.8 Å². The highest BCUT2D eigenvalue weighted by Gasteiger charge is 2.18. The molecule has 0 atom stereocenters. The number of carbonyl (C=O) groups excluding carboxylic acids is 1. The van der Waals surface area contributed by atoms with Crippen molar-refractivity contribution in [2.24, 2.45) is 7.05 Å². The molecule has 2 aromatic heterocycles. The average molecular weight is 407 g/mol. The van der Waals surface area contributed by atoms with E-state index in [4.69, 9.17) is 9.47 Å². The van der Waals surface area contributed by atoms with E-state index in [1.165, 1.54) is 11.3 Å². The van der Waals surface area contributed by atoms with Gasteiger partial charge in [0.25, 0.3) is 5.91 Å². The molecule has 0 bridgehead atoms. The summed E-state index contributed by atoms with van der Waals surface area (Å²) in [6, 6.07) is 17.0. The zero-order valence-corrected chi connectivity index (χ0v) is 17.2. The molecule has 0 saturated heterocycles. The van der Waals surface area contributed by atoms with Gasteiger partial charge >= 0.3 is 0 Å². The van der Waals surface area contributed by atoms with Gasteiger partial charge in [-0.2, -0.15) is 5.10 Å². The smallest absolute Gasteiger partial charge is 0.265 e. The van der Waals surface area contributed by atoms with Gasteiger partial charge in [0.2, 0.25) is 0 Å². The molecule has 0 radical (unpaired) electrons. The van der Waals surface area contributed by atoms with Gasteiger partial charge in [-0.1, -0.05) is 12.1 Å². The third-order valence-corrected chi connectivity index (χ3v) is 5.70. The largest absolute Gasteiger partial charge is 0.497 e. The minimum Gasteiger partial charge on any atom is -0.497 e. The van der Waals surface area contributed by atoms with Crippen LogP contribution in [-0.4, -0.2) is 29.4 Å². The van der Waals surface area contributed by atoms with E-state index in [2.05, 4.69) is 10.4 Å². The number of hydrogen-bond donors (Lipinski definition) is 1. The predicted molar refractivity (Wildman–Crippen MR) is 116 cm³/mol. The van der Waals surface area contributed by atoms with Crippen LogP contribution in [-0.2, 0) is 7.05 Å². The van der Waals surface area contributed by atoms with Crippen LogP contribution in [0.15, 0.2) is 54.6 Å². The molecule has 1 amide bonds. The zero-order chi connectivity index (χ0) is 20.4. The first-order valence-corrected chi connectivity index (χ1v) is 10.1. The van der Waals surface area contributed by atoms with Crippen molar-refractivity contribution in [3.8, 4) is 22.8 Å². The second-order valence-electron chi connectivity index (χ2n) is 6.45. The Kier molecular flexibility index (Phi) is 5.22. The van der Waals surface area contributed by atoms with Gasteiger partial charge in [0.1, 0.15) is 22.0 Å². The van der Waals surface area contributed by atoms with E-state index in [9.17, 15) is 4.79 Å². The first-order chi connectivity index (χ1) is 14.1. The number of amides is 1. The zero-order valence-electron chi connectivity index (χ0n) is 16.4. The van der Waals surface area contributed by atoms with Crippen molar-refractivity contribution >= 4 is 33.1 Å². The van der Waals surface area contributed by atoms with Crippen LogP contribution in [0.2, 0.25) is 0 Å². The van der Waals surface area contributed by atoms with E-state index >= 15 is 0 Å². The van der Waals surface area contributed by atoms with Gasteiger partial charge in [0.15, 0.2) is 0 Å². The Morgan fingerprint density at radius 1 is 1.14 bits per heavy atom. The Balaban J connectivity index is 1.62. The maximum Gasteiger partial charge on any atom is 0.265 e. The maximum atomic E-state index is 12.8. The molecule has 1 N–H and O–H groups in total. The fourth-order valence-corrected chi connectivity index (χ4v) is 4.10. The lowest BCUT2D eigenvalue weighted by atomic mass is 10.1. The standard InChI is InChI=1S/C22H21N3O3S/c1-4-28-16-10-8-15(9-11-16)23-21(26)19-13-18-20(24-25(2)22(18)29-19)14-6-5-7-17(12-14)27-3/h5-13H,4H2,1-3H3,(H,23,26). The minimum atomic E-state index is -0.146. The number of carbonyl (C=O) groups is 1. The molecule has 4 rings (SSSR count). The molecule has 0 unspecified atom stereocenters. The fraction of sp³-hybridized carbons (Fsp3) is 0.182. The van der Waals surface area contributed by atoms with E-state index in [-0.39, 0.29) is 5.91 Å². The minimum absolute atomic E-state index is 0.146. The number of methoxy groups -OCH3 is 1. The number of fused-ring (bicyclic) bond motifs is 1. The summed E-state index contributed by atoms with van der Waals surface area (Å²) >= 11 is 1.42. The van der Waals surface area contributed by atoms with Crippen LogP contribution in [0.25, 0.3) is 21.5 Å². The first kappa shape index (κ1) is 19.0. The lowest BCUT2D eigenvalue weighted by Gasteiger charge is -2.06. The maximum absolute atomic E-state index is 12.8. The third kappa shape index (κ3) is 3.82. The summed E-state index contributed by atoms with van der Waals surface area (Å²) in [7, 11) is 3.53. The van der Waals surface area contributed by atoms with Crippen molar-refractivity contribution < 1.29 is 14.3 Å². The van der Waals surface area contributed by atoms with Crippen LogP contribution in [0.3, 0.4) is 0 Å². The van der Waals surface area contributed by atoms with Gasteiger partial charge < -0.3 is 14.8 Å². The highest BCUT2D eigenvalue weighted by molar-refractivity contribution is 7.20. The van der Waals surface area contributed by atoms with Crippen molar-refractivity contribution in [1.82, 2.24) is 9.78 Å². The van der Waals surface area contributed by atoms with Crippen LogP contribution in [0.1, 0.15) is 16.6 Å². The van der Waals surface area contributed by atoms with Gasteiger partial charge in [0.05, 0.1) is 18.6 Å². The van der Waals surface area contributed by atoms with Gasteiger partial charge in [-0.15, -0.1) is 11.3 Å². The molecule has 0 saturated carbocycles. The van der Waals surface area contributed by atoms with Crippen molar-refractivity contribution in [3.05, 3.63) is 59.5 Å². The molecule has 4 aromatic rings. The molecular weight excluding hydrogens is 386 g/mol. The highest BCUT2D eigenvalue weighted by atomic mass is 32.1. The normalized spacial score (nSPS) is 10.9. The number of ether oxygens (including phenoxy) is 2. The molecule has 2 heterocycles. The second kappa shape index (κ2) is 7.97. The molecule has 0 aliphatic heterocycles. The monoisotopic (exact) mass is 407 g/mol. The number of nitrogens with one attached hydrogen (secondary N) is 1. The summed E-state index contributed by atoms with van der Waals surface area (Å²) in [5, 5.41) is 8.52. The van der Waals surface area contributed by atoms with Crippen LogP contribution >= 0.6 is 11.3 Å². The summed E-state index contributed by atoms with van der Waals surface area (Å²) < 4.78 is 12.6. The molecule has 29 heavy (non-hydrogen) atoms. The molecular formula is C22H21N3O3S. The van der Waals surface area contributed by atoms with Crippen molar-refractivity contribution in [2.45, 2.75) is 6.92 Å². The molecule has 6 nitrogen and oxygen atoms in total. The highest BCUT2D eigenvalue weighted by Crippen LogP contribution is 2.35. The third-order valence-electron chi connectivity index (χ3n) is 4.50. The summed E-state index contributed by atoms with van der Waals surface area (Å²) in [5.41, 5.74) is 2.51. The molecule has 148 valence electrons. The first-order valence-electron chi connectivity index (χ1n) is 9.24. The predicted octanol–water partition coefficient (Wildman–Crippen LogP) is 4.96. The molecule has 0 aliphatic carbocycles. The Morgan fingerprint density at radius 2 is 1.93 bits per heavy atom. The van der Waals surface area contributed by atoms with Crippen molar-refractivity contribution in [1.29, 1.82) is 0 Å². The molecule has 0 fully saturated rings. The van der Waals surface area contributed by atoms with E-state index in [0.717, 1.165) is 38.7 Å². The number of thiophene rings is 1. The molecule has 0 spiro atoms. The number of hydrogen-bond acceptors (Lipinski definition) is 5. The van der Waals surface area contributed by atoms with E-state index < -0.39 is 0 Å². The lowest BCUT2D eigenvalue weighted by molar-refractivity contribution is 0.103. The number of aryl methyl sites for hydroxylation is 1. The topological polar surface area (TPSA) is 65.4 Å². The van der Waals surface area contributed by atoms with E-state index in [1.807, 2.05) is 73.3 Å². The Labute approximate surface area is 172 Å². The van der Waals surface area contributed by atoms with Crippen molar-refractivity contribution in [3.63, 3.8) is 0 Å². The van der Waals surface area contributed by atoms with E-state index in [1.54, 1.807) is 7.11 Å². The van der Waals surface area contributed by atoms with Gasteiger partial charge in [-0.25, -0.2) is 0 Å². The average Bonchev–Trinajstić information content (AvgIpc) is 3.30. The number of aromatic nitrogens is 2. The number of anilines is 1. The summed E-state index contributed by atoms with van der Waals surface area (Å²) in [5.74, 6) is 1.40. The lowest BCUT2D eigenvalue weighted by Crippen LogP contribution is -2.10. The quantitative estimate of drug-likeness (QED) is 0.491. The van der Waals surface area contributed by atoms with Crippen molar-refractivity contribution in [2.75, 3.05) is 19.0 Å². The molecule has 2 aromatic carbocycles. The Morgan fingerprint density at radius 3 is 2.66 bits per heavy atom. The second-order valence-corrected chi connectivity index (χ2v) is 7.48. The van der Waals surface area contributed by atoms with Gasteiger partial charge in [0, 0.05) is 23.7 Å². The Hall–Kier alpha value is -3.32. The van der Waals surface area contributed by atoms with Gasteiger partial charge in [-0.3, -0.25) is 9.48 Å². The molecule has 7 heteroatoms. The summed E-state index contributed by atoms with van der Waals surface area (Å²) in [6.45, 7) is 2.54. The number of benzene rings is 2. The summed E-state index contributed by atoms with van der Waals surface area (Å²) in [4.78, 5) is 14.3. The fourth-order valence-electron chi connectivity index (χ4n) is 3.13. The van der Waals surface area contributed by atoms with Crippen LogP contribution in [0.5, 0.6) is 11.5 Å². The number of rotatable bonds is 6. The SMILES string of the molecule is CCOc1ccc(NC(=O)c2cc3c(-c4cccc(OC)c4)nn(C)c3s2)cc1. The Bertz CT molecular complexity index is 1160. The summed E-state index contributed by atoms with van der Waals surface area (Å²) in [6.07, 6.45) is 0. The molecule has 0 aliphatic rings. The number of nitrogens with zero attached hydrogens (tertiary/aromatic N) is 2. The van der Waals surface area contributed by atoms with Gasteiger partial charge in [-0.05, 0) is 49.4 Å². The van der Waals surface area contributed by atoms with Crippen LogP contribution in [0, 0.1) is 0 Å². The van der Waals surface area contributed by atoms with E-state index in [0.29, 0.717) is 11.5 Å².